The van der Waals surface area contributed by atoms with E-state index in [0.29, 0.717) is 4.88 Å². The number of quaternary nitrogens is 1. The van der Waals surface area contributed by atoms with Gasteiger partial charge < -0.3 is 15.1 Å². The predicted molar refractivity (Wildman–Crippen MR) is 109 cm³/mol. The molecule has 1 aliphatic heterocycles. The first-order valence-corrected chi connectivity index (χ1v) is 9.92. The number of aromatic nitrogens is 2. The number of thiophene rings is 1. The lowest BCUT2D eigenvalue weighted by Gasteiger charge is -2.30. The van der Waals surface area contributed by atoms with Gasteiger partial charge in [0, 0.05) is 11.3 Å². The fourth-order valence-electron chi connectivity index (χ4n) is 3.09. The monoisotopic (exact) mass is 380 g/mol. The van der Waals surface area contributed by atoms with Gasteiger partial charge in [0.2, 0.25) is 0 Å². The molecule has 0 aliphatic carbocycles. The van der Waals surface area contributed by atoms with Crippen LogP contribution < -0.4 is 15.1 Å². The Hall–Kier alpha value is -2.77. The summed E-state index contributed by atoms with van der Waals surface area (Å²) < 4.78 is 0. The average Bonchev–Trinajstić information content (AvgIpc) is 3.24. The van der Waals surface area contributed by atoms with E-state index in [2.05, 4.69) is 27.5 Å². The topological polar surface area (TPSA) is 62.6 Å². The van der Waals surface area contributed by atoms with Crippen LogP contribution in [0.15, 0.2) is 53.9 Å². The number of hydrogen-bond acceptors (Lipinski definition) is 5. The van der Waals surface area contributed by atoms with Crippen LogP contribution in [0, 0.1) is 0 Å². The molecule has 6 nitrogen and oxygen atoms in total. The molecular weight excluding hydrogens is 358 g/mol. The molecule has 27 heavy (non-hydrogen) atoms. The van der Waals surface area contributed by atoms with Crippen LogP contribution in [0.25, 0.3) is 11.3 Å². The first-order valence-electron chi connectivity index (χ1n) is 9.04. The predicted octanol–water partition coefficient (Wildman–Crippen LogP) is 1.79. The van der Waals surface area contributed by atoms with E-state index in [1.54, 1.807) is 4.90 Å². The molecule has 3 heterocycles. The summed E-state index contributed by atoms with van der Waals surface area (Å²) in [5, 5.41) is 13.6. The molecule has 4 rings (SSSR count). The summed E-state index contributed by atoms with van der Waals surface area (Å²) in [6.07, 6.45) is 0. The Labute approximate surface area is 162 Å². The van der Waals surface area contributed by atoms with Crippen LogP contribution in [0.2, 0.25) is 0 Å². The van der Waals surface area contributed by atoms with Crippen molar-refractivity contribution in [1.29, 1.82) is 0 Å². The highest BCUT2D eigenvalue weighted by Crippen LogP contribution is 2.21. The van der Waals surface area contributed by atoms with Crippen LogP contribution in [0.4, 0.5) is 11.5 Å². The van der Waals surface area contributed by atoms with Gasteiger partial charge in [-0.1, -0.05) is 18.2 Å². The van der Waals surface area contributed by atoms with Crippen LogP contribution in [-0.4, -0.2) is 49.3 Å². The van der Waals surface area contributed by atoms with E-state index in [-0.39, 0.29) is 5.91 Å². The standard InChI is InChI=1S/C20H21N5OS/c1-24-10-12-25(13-11-24)19-9-8-17(22-23-19)15-4-6-16(7-5-15)21-20(26)18-3-2-14-27-18/h2-9,14H,10-13H2,1H3,(H,21,26)/p+1. The van der Waals surface area contributed by atoms with Gasteiger partial charge in [-0.25, -0.2) is 0 Å². The lowest BCUT2D eigenvalue weighted by molar-refractivity contribution is -0.880. The fraction of sp³-hybridized carbons (Fsp3) is 0.250. The second-order valence-electron chi connectivity index (χ2n) is 6.73. The van der Waals surface area contributed by atoms with Crippen LogP contribution in [0.3, 0.4) is 0 Å². The summed E-state index contributed by atoms with van der Waals surface area (Å²) in [6.45, 7) is 4.28. The Balaban J connectivity index is 1.42. The number of carbonyl (C=O) groups excluding carboxylic acids is 1. The molecule has 2 aromatic heterocycles. The second-order valence-corrected chi connectivity index (χ2v) is 7.68. The van der Waals surface area contributed by atoms with Gasteiger partial charge in [0.05, 0.1) is 43.8 Å². The van der Waals surface area contributed by atoms with Gasteiger partial charge >= 0.3 is 0 Å². The highest BCUT2D eigenvalue weighted by atomic mass is 32.1. The van der Waals surface area contributed by atoms with Crippen molar-refractivity contribution in [2.75, 3.05) is 43.4 Å². The third-order valence-corrected chi connectivity index (χ3v) is 5.64. The van der Waals surface area contributed by atoms with Crippen molar-refractivity contribution in [1.82, 2.24) is 10.2 Å². The largest absolute Gasteiger partial charge is 0.344 e. The molecule has 2 N–H and O–H groups in total. The number of piperazine rings is 1. The summed E-state index contributed by atoms with van der Waals surface area (Å²) in [5.41, 5.74) is 2.57. The molecule has 138 valence electrons. The SMILES string of the molecule is C[NH+]1CCN(c2ccc(-c3ccc(NC(=O)c4cccs4)cc3)nn2)CC1. The Morgan fingerprint density at radius 1 is 1.07 bits per heavy atom. The number of benzene rings is 1. The number of carbonyl (C=O) groups is 1. The number of nitrogens with one attached hydrogen (secondary N) is 2. The van der Waals surface area contributed by atoms with Gasteiger partial charge in [0.25, 0.3) is 5.91 Å². The zero-order valence-electron chi connectivity index (χ0n) is 15.2. The normalized spacial score (nSPS) is 14.9. The van der Waals surface area contributed by atoms with Crippen LogP contribution in [0.1, 0.15) is 9.67 Å². The maximum Gasteiger partial charge on any atom is 0.265 e. The molecule has 1 aliphatic rings. The van der Waals surface area contributed by atoms with E-state index in [1.165, 1.54) is 11.3 Å². The third-order valence-electron chi connectivity index (χ3n) is 4.77. The molecule has 0 atom stereocenters. The minimum Gasteiger partial charge on any atom is -0.344 e. The summed E-state index contributed by atoms with van der Waals surface area (Å²) in [7, 11) is 2.22. The molecule has 1 amide bonds. The minimum atomic E-state index is -0.0871. The van der Waals surface area contributed by atoms with Crippen LogP contribution in [-0.2, 0) is 0 Å². The average molecular weight is 380 g/mol. The summed E-state index contributed by atoms with van der Waals surface area (Å²) in [5.74, 6) is 0.849. The van der Waals surface area contributed by atoms with E-state index in [1.807, 2.05) is 53.9 Å². The highest BCUT2D eigenvalue weighted by Gasteiger charge is 2.18. The number of rotatable bonds is 4. The van der Waals surface area contributed by atoms with Gasteiger partial charge in [0.15, 0.2) is 5.82 Å². The molecular formula is C20H22N5OS+. The highest BCUT2D eigenvalue weighted by molar-refractivity contribution is 7.12. The zero-order valence-corrected chi connectivity index (χ0v) is 16.0. The fourth-order valence-corrected chi connectivity index (χ4v) is 3.71. The maximum absolute atomic E-state index is 12.1. The van der Waals surface area contributed by atoms with Crippen molar-refractivity contribution in [2.24, 2.45) is 0 Å². The van der Waals surface area contributed by atoms with Gasteiger partial charge in [0.1, 0.15) is 0 Å². The summed E-state index contributed by atoms with van der Waals surface area (Å²) >= 11 is 1.43. The number of likely N-dealkylation sites (N-methyl/N-ethyl adjacent to an activating group) is 1. The van der Waals surface area contributed by atoms with Crippen LogP contribution >= 0.6 is 11.3 Å². The molecule has 0 unspecified atom stereocenters. The van der Waals surface area contributed by atoms with Gasteiger partial charge in [-0.05, 0) is 35.7 Å². The van der Waals surface area contributed by atoms with Crippen molar-refractivity contribution < 1.29 is 9.69 Å². The quantitative estimate of drug-likeness (QED) is 0.725. The number of anilines is 2. The van der Waals surface area contributed by atoms with E-state index >= 15 is 0 Å². The smallest absolute Gasteiger partial charge is 0.265 e. The lowest BCUT2D eigenvalue weighted by atomic mass is 10.1. The lowest BCUT2D eigenvalue weighted by Crippen LogP contribution is -3.12. The van der Waals surface area contributed by atoms with Crippen molar-refractivity contribution in [3.8, 4) is 11.3 Å². The molecule has 0 saturated carbocycles. The van der Waals surface area contributed by atoms with E-state index in [0.717, 1.165) is 48.9 Å². The molecule has 0 bridgehead atoms. The number of nitrogens with zero attached hydrogens (tertiary/aromatic N) is 3. The Morgan fingerprint density at radius 2 is 1.85 bits per heavy atom. The van der Waals surface area contributed by atoms with E-state index in [4.69, 9.17) is 0 Å². The summed E-state index contributed by atoms with van der Waals surface area (Å²) in [6, 6.07) is 15.4. The number of amides is 1. The maximum atomic E-state index is 12.1. The van der Waals surface area contributed by atoms with E-state index < -0.39 is 0 Å². The Bertz CT molecular complexity index is 885. The van der Waals surface area contributed by atoms with Crippen molar-refractivity contribution in [2.45, 2.75) is 0 Å². The van der Waals surface area contributed by atoms with Crippen molar-refractivity contribution >= 4 is 28.7 Å². The minimum absolute atomic E-state index is 0.0871. The molecule has 1 saturated heterocycles. The Kier molecular flexibility index (Phi) is 5.13. The molecule has 3 aromatic rings. The zero-order chi connectivity index (χ0) is 18.6. The molecule has 7 heteroatoms. The molecule has 0 radical (unpaired) electrons. The van der Waals surface area contributed by atoms with Crippen molar-refractivity contribution in [3.05, 3.63) is 58.8 Å². The third kappa shape index (κ3) is 4.15. The molecule has 0 spiro atoms. The van der Waals surface area contributed by atoms with Gasteiger partial charge in [-0.3, -0.25) is 4.79 Å². The second kappa shape index (κ2) is 7.85. The first-order chi connectivity index (χ1) is 13.2. The van der Waals surface area contributed by atoms with E-state index in [9.17, 15) is 4.79 Å². The first kappa shape index (κ1) is 17.6. The van der Waals surface area contributed by atoms with Crippen molar-refractivity contribution in [3.63, 3.8) is 0 Å². The van der Waals surface area contributed by atoms with Gasteiger partial charge in [-0.2, -0.15) is 0 Å². The summed E-state index contributed by atoms with van der Waals surface area (Å²) in [4.78, 5) is 16.7. The molecule has 1 aromatic carbocycles. The number of hydrogen-bond donors (Lipinski definition) is 2. The van der Waals surface area contributed by atoms with Gasteiger partial charge in [-0.15, -0.1) is 21.5 Å². The Morgan fingerprint density at radius 3 is 2.48 bits per heavy atom. The van der Waals surface area contributed by atoms with Crippen LogP contribution in [0.5, 0.6) is 0 Å². The molecule has 1 fully saturated rings.